The molecule has 19 heavy (non-hydrogen) atoms. The molecule has 102 valence electrons. The van der Waals surface area contributed by atoms with Crippen molar-refractivity contribution in [2.45, 2.75) is 38.6 Å². The van der Waals surface area contributed by atoms with E-state index in [9.17, 15) is 0 Å². The first-order valence-corrected chi connectivity index (χ1v) is 7.63. The van der Waals surface area contributed by atoms with E-state index in [-0.39, 0.29) is 0 Å². The molecule has 2 N–H and O–H groups in total. The van der Waals surface area contributed by atoms with E-state index < -0.39 is 5.54 Å². The van der Waals surface area contributed by atoms with Crippen LogP contribution in [0.1, 0.15) is 43.0 Å². The van der Waals surface area contributed by atoms with Gasteiger partial charge in [0.25, 0.3) is 0 Å². The standard InChI is InChI=1S/C15H19ClN2S/c1-10(2)13-9-19-14(18-13)15(3,17)8-11-4-6-12(16)7-5-11/h4-7,9-10H,8,17H2,1-3H3. The zero-order chi connectivity index (χ0) is 14.0. The highest BCUT2D eigenvalue weighted by atomic mass is 35.5. The maximum Gasteiger partial charge on any atom is 0.113 e. The Labute approximate surface area is 123 Å². The Hall–Kier alpha value is -0.900. The molecule has 1 heterocycles. The first kappa shape index (κ1) is 14.5. The van der Waals surface area contributed by atoms with Gasteiger partial charge in [-0.15, -0.1) is 11.3 Å². The summed E-state index contributed by atoms with van der Waals surface area (Å²) in [6.45, 7) is 6.32. The topological polar surface area (TPSA) is 38.9 Å². The SMILES string of the molecule is CC(C)c1csc(C(C)(N)Cc2ccc(Cl)cc2)n1. The number of aromatic nitrogens is 1. The molecule has 0 aliphatic heterocycles. The lowest BCUT2D eigenvalue weighted by Crippen LogP contribution is -2.35. The molecule has 1 aromatic carbocycles. The monoisotopic (exact) mass is 294 g/mol. The Bertz CT molecular complexity index is 544. The van der Waals surface area contributed by atoms with E-state index in [2.05, 4.69) is 24.2 Å². The zero-order valence-corrected chi connectivity index (χ0v) is 13.1. The van der Waals surface area contributed by atoms with Gasteiger partial charge in [0.1, 0.15) is 5.01 Å². The van der Waals surface area contributed by atoms with Crippen LogP contribution >= 0.6 is 22.9 Å². The van der Waals surface area contributed by atoms with Gasteiger partial charge in [-0.2, -0.15) is 0 Å². The summed E-state index contributed by atoms with van der Waals surface area (Å²) in [6.07, 6.45) is 0.759. The van der Waals surface area contributed by atoms with Gasteiger partial charge in [0.05, 0.1) is 11.2 Å². The van der Waals surface area contributed by atoms with Gasteiger partial charge in [0, 0.05) is 10.4 Å². The molecule has 1 unspecified atom stereocenters. The van der Waals surface area contributed by atoms with Gasteiger partial charge < -0.3 is 5.73 Å². The average Bonchev–Trinajstić information content (AvgIpc) is 2.82. The third kappa shape index (κ3) is 3.56. The number of hydrogen-bond donors (Lipinski definition) is 1. The molecule has 4 heteroatoms. The Kier molecular flexibility index (Phi) is 4.29. The van der Waals surface area contributed by atoms with Crippen LogP contribution in [-0.2, 0) is 12.0 Å². The number of halogens is 1. The second-order valence-electron chi connectivity index (χ2n) is 5.45. The van der Waals surface area contributed by atoms with Crippen LogP contribution in [0.25, 0.3) is 0 Å². The fourth-order valence-corrected chi connectivity index (χ4v) is 3.10. The summed E-state index contributed by atoms with van der Waals surface area (Å²) < 4.78 is 0. The Balaban J connectivity index is 2.18. The largest absolute Gasteiger partial charge is 0.319 e. The molecule has 0 saturated carbocycles. The van der Waals surface area contributed by atoms with Crippen LogP contribution in [0.4, 0.5) is 0 Å². The van der Waals surface area contributed by atoms with Gasteiger partial charge in [-0.25, -0.2) is 4.98 Å². The molecule has 2 rings (SSSR count). The predicted molar refractivity (Wildman–Crippen MR) is 82.9 cm³/mol. The Morgan fingerprint density at radius 3 is 2.47 bits per heavy atom. The highest BCUT2D eigenvalue weighted by Gasteiger charge is 2.25. The van der Waals surface area contributed by atoms with E-state index in [0.29, 0.717) is 5.92 Å². The number of benzene rings is 1. The highest BCUT2D eigenvalue weighted by Crippen LogP contribution is 2.28. The molecular weight excluding hydrogens is 276 g/mol. The van der Waals surface area contributed by atoms with Crippen molar-refractivity contribution in [2.75, 3.05) is 0 Å². The lowest BCUT2D eigenvalue weighted by atomic mass is 9.94. The van der Waals surface area contributed by atoms with Crippen LogP contribution in [0.5, 0.6) is 0 Å². The van der Waals surface area contributed by atoms with Gasteiger partial charge >= 0.3 is 0 Å². The molecule has 0 amide bonds. The smallest absolute Gasteiger partial charge is 0.113 e. The third-order valence-electron chi connectivity index (χ3n) is 3.09. The Morgan fingerprint density at radius 1 is 1.32 bits per heavy atom. The number of hydrogen-bond acceptors (Lipinski definition) is 3. The fraction of sp³-hybridized carbons (Fsp3) is 0.400. The average molecular weight is 295 g/mol. The van der Waals surface area contributed by atoms with Gasteiger partial charge in [-0.05, 0) is 37.0 Å². The van der Waals surface area contributed by atoms with Gasteiger partial charge in [0.15, 0.2) is 0 Å². The molecule has 0 bridgehead atoms. The summed E-state index contributed by atoms with van der Waals surface area (Å²) in [5.41, 5.74) is 8.29. The molecule has 2 aromatic rings. The van der Waals surface area contributed by atoms with Gasteiger partial charge in [0.2, 0.25) is 0 Å². The van der Waals surface area contributed by atoms with Crippen molar-refractivity contribution in [3.8, 4) is 0 Å². The van der Waals surface area contributed by atoms with Crippen molar-refractivity contribution in [3.05, 3.63) is 50.9 Å². The molecule has 0 radical (unpaired) electrons. The van der Waals surface area contributed by atoms with Gasteiger partial charge in [-0.3, -0.25) is 0 Å². The highest BCUT2D eigenvalue weighted by molar-refractivity contribution is 7.09. The van der Waals surface area contributed by atoms with Crippen LogP contribution in [0.2, 0.25) is 5.02 Å². The molecule has 0 spiro atoms. The van der Waals surface area contributed by atoms with Crippen molar-refractivity contribution in [3.63, 3.8) is 0 Å². The minimum Gasteiger partial charge on any atom is -0.319 e. The van der Waals surface area contributed by atoms with Gasteiger partial charge in [-0.1, -0.05) is 37.6 Å². The summed E-state index contributed by atoms with van der Waals surface area (Å²) >= 11 is 7.54. The van der Waals surface area contributed by atoms with Crippen LogP contribution in [0, 0.1) is 0 Å². The lowest BCUT2D eigenvalue weighted by Gasteiger charge is -2.22. The molecular formula is C15H19ClN2S. The minimum absolute atomic E-state index is 0.439. The van der Waals surface area contributed by atoms with E-state index in [1.807, 2.05) is 31.2 Å². The van der Waals surface area contributed by atoms with Crippen molar-refractivity contribution >= 4 is 22.9 Å². The van der Waals surface area contributed by atoms with Crippen molar-refractivity contribution in [2.24, 2.45) is 5.73 Å². The number of nitrogens with zero attached hydrogens (tertiary/aromatic N) is 1. The predicted octanol–water partition coefficient (Wildman–Crippen LogP) is 4.34. The van der Waals surface area contributed by atoms with E-state index >= 15 is 0 Å². The van der Waals surface area contributed by atoms with Crippen LogP contribution in [0.15, 0.2) is 29.6 Å². The van der Waals surface area contributed by atoms with Crippen molar-refractivity contribution in [1.29, 1.82) is 0 Å². The molecule has 2 nitrogen and oxygen atoms in total. The molecule has 0 saturated heterocycles. The first-order valence-electron chi connectivity index (χ1n) is 6.38. The fourth-order valence-electron chi connectivity index (χ4n) is 1.92. The number of thiazole rings is 1. The van der Waals surface area contributed by atoms with Crippen LogP contribution in [-0.4, -0.2) is 4.98 Å². The summed E-state index contributed by atoms with van der Waals surface area (Å²) in [7, 11) is 0. The summed E-state index contributed by atoms with van der Waals surface area (Å²) in [5, 5.41) is 3.84. The summed E-state index contributed by atoms with van der Waals surface area (Å²) in [6, 6.07) is 7.83. The van der Waals surface area contributed by atoms with E-state index in [0.717, 1.165) is 22.1 Å². The van der Waals surface area contributed by atoms with E-state index in [4.69, 9.17) is 17.3 Å². The second kappa shape index (κ2) is 5.61. The maximum atomic E-state index is 6.44. The second-order valence-corrected chi connectivity index (χ2v) is 6.75. The molecule has 0 fully saturated rings. The van der Waals surface area contributed by atoms with Crippen molar-refractivity contribution < 1.29 is 0 Å². The summed E-state index contributed by atoms with van der Waals surface area (Å²) in [5.74, 6) is 0.441. The third-order valence-corrected chi connectivity index (χ3v) is 4.48. The number of nitrogens with two attached hydrogens (primary N) is 1. The maximum absolute atomic E-state index is 6.44. The van der Waals surface area contributed by atoms with E-state index in [1.54, 1.807) is 11.3 Å². The van der Waals surface area contributed by atoms with Crippen LogP contribution < -0.4 is 5.73 Å². The number of rotatable bonds is 4. The summed E-state index contributed by atoms with van der Waals surface area (Å²) in [4.78, 5) is 4.66. The van der Waals surface area contributed by atoms with Crippen LogP contribution in [0.3, 0.4) is 0 Å². The molecule has 0 aliphatic rings. The normalized spacial score (nSPS) is 14.6. The minimum atomic E-state index is -0.439. The molecule has 1 aromatic heterocycles. The zero-order valence-electron chi connectivity index (χ0n) is 11.5. The lowest BCUT2D eigenvalue weighted by molar-refractivity contribution is 0.486. The first-order chi connectivity index (χ1) is 8.88. The van der Waals surface area contributed by atoms with E-state index in [1.165, 1.54) is 5.56 Å². The molecule has 0 aliphatic carbocycles. The quantitative estimate of drug-likeness (QED) is 0.911. The Morgan fingerprint density at radius 2 is 1.95 bits per heavy atom. The van der Waals surface area contributed by atoms with Crippen molar-refractivity contribution in [1.82, 2.24) is 4.98 Å². The molecule has 1 atom stereocenters.